The quantitative estimate of drug-likeness (QED) is 0.627. The maximum Gasteiger partial charge on any atom is 0.307 e. The van der Waals surface area contributed by atoms with E-state index < -0.39 is 17.7 Å². The molecule has 1 amide bonds. The molecular formula is C12H10BrNO4. The fourth-order valence-electron chi connectivity index (χ4n) is 1.80. The van der Waals surface area contributed by atoms with Crippen LogP contribution in [-0.4, -0.2) is 31.3 Å². The van der Waals surface area contributed by atoms with E-state index in [9.17, 15) is 14.4 Å². The summed E-state index contributed by atoms with van der Waals surface area (Å²) < 4.78 is 5.24. The van der Waals surface area contributed by atoms with Crippen LogP contribution in [0.3, 0.4) is 0 Å². The fourth-order valence-corrected chi connectivity index (χ4v) is 2.16. The summed E-state index contributed by atoms with van der Waals surface area (Å²) in [4.78, 5) is 35.9. The van der Waals surface area contributed by atoms with E-state index in [-0.39, 0.29) is 13.0 Å². The fraction of sp³-hybridized carbons (Fsp3) is 0.250. The summed E-state index contributed by atoms with van der Waals surface area (Å²) in [6.45, 7) is 0.145. The molecule has 0 saturated carbocycles. The van der Waals surface area contributed by atoms with Gasteiger partial charge in [0.15, 0.2) is 0 Å². The van der Waals surface area contributed by atoms with Crippen molar-refractivity contribution < 1.29 is 19.1 Å². The second kappa shape index (κ2) is 4.89. The number of Topliss-reactive ketones (excluding diaryl/α,β-unsaturated/α-hetero) is 1. The van der Waals surface area contributed by atoms with Crippen molar-refractivity contribution in [1.29, 1.82) is 0 Å². The van der Waals surface area contributed by atoms with Gasteiger partial charge in [0, 0.05) is 11.0 Å². The Morgan fingerprint density at radius 3 is 2.78 bits per heavy atom. The van der Waals surface area contributed by atoms with Crippen molar-refractivity contribution in [2.45, 2.75) is 6.42 Å². The minimum absolute atomic E-state index is 0.0605. The molecule has 0 aromatic heterocycles. The summed E-state index contributed by atoms with van der Waals surface area (Å²) in [5.74, 6) is -1.57. The Balaban J connectivity index is 2.26. The zero-order valence-corrected chi connectivity index (χ0v) is 11.2. The minimum Gasteiger partial charge on any atom is -0.469 e. The van der Waals surface area contributed by atoms with Gasteiger partial charge in [-0.05, 0) is 18.2 Å². The Labute approximate surface area is 112 Å². The molecule has 0 fully saturated rings. The number of hydrogen-bond acceptors (Lipinski definition) is 4. The van der Waals surface area contributed by atoms with Crippen LogP contribution in [-0.2, 0) is 14.3 Å². The molecule has 1 aromatic carbocycles. The van der Waals surface area contributed by atoms with Crippen LogP contribution < -0.4 is 4.90 Å². The molecule has 18 heavy (non-hydrogen) atoms. The highest BCUT2D eigenvalue weighted by atomic mass is 79.9. The van der Waals surface area contributed by atoms with Crippen LogP contribution in [0.2, 0.25) is 0 Å². The molecule has 0 radical (unpaired) electrons. The van der Waals surface area contributed by atoms with Gasteiger partial charge in [-0.25, -0.2) is 0 Å². The lowest BCUT2D eigenvalue weighted by Crippen LogP contribution is -2.31. The summed E-state index contributed by atoms with van der Waals surface area (Å²) in [5, 5.41) is 0. The lowest BCUT2D eigenvalue weighted by molar-refractivity contribution is -0.140. The number of carbonyl (C=O) groups excluding carboxylic acids is 3. The van der Waals surface area contributed by atoms with E-state index in [1.54, 1.807) is 18.2 Å². The third-order valence-electron chi connectivity index (χ3n) is 2.70. The predicted octanol–water partition coefficient (Wildman–Crippen LogP) is 1.54. The Hall–Kier alpha value is -1.69. The lowest BCUT2D eigenvalue weighted by Gasteiger charge is -2.15. The van der Waals surface area contributed by atoms with Gasteiger partial charge in [0.2, 0.25) is 0 Å². The van der Waals surface area contributed by atoms with Crippen LogP contribution in [0.4, 0.5) is 5.69 Å². The van der Waals surface area contributed by atoms with Crippen molar-refractivity contribution in [2.75, 3.05) is 18.6 Å². The molecule has 0 unspecified atom stereocenters. The molecular weight excluding hydrogens is 302 g/mol. The number of amides is 1. The van der Waals surface area contributed by atoms with Crippen LogP contribution in [0, 0.1) is 0 Å². The molecule has 94 valence electrons. The Morgan fingerprint density at radius 2 is 2.11 bits per heavy atom. The number of ketones is 1. The number of fused-ring (bicyclic) bond motifs is 1. The number of nitrogens with zero attached hydrogens (tertiary/aromatic N) is 1. The first-order valence-electron chi connectivity index (χ1n) is 5.27. The highest BCUT2D eigenvalue weighted by Gasteiger charge is 2.35. The summed E-state index contributed by atoms with van der Waals surface area (Å²) in [6, 6.07) is 5.03. The number of esters is 1. The first kappa shape index (κ1) is 12.8. The van der Waals surface area contributed by atoms with E-state index in [4.69, 9.17) is 0 Å². The van der Waals surface area contributed by atoms with E-state index in [1.165, 1.54) is 12.0 Å². The Bertz CT molecular complexity index is 541. The highest BCUT2D eigenvalue weighted by molar-refractivity contribution is 9.10. The number of anilines is 1. The summed E-state index contributed by atoms with van der Waals surface area (Å²) in [7, 11) is 1.28. The second-order valence-electron chi connectivity index (χ2n) is 3.77. The molecule has 6 heteroatoms. The lowest BCUT2D eigenvalue weighted by atomic mass is 10.1. The molecule has 1 heterocycles. The van der Waals surface area contributed by atoms with Gasteiger partial charge < -0.3 is 9.64 Å². The Kier molecular flexibility index (Phi) is 3.47. The molecule has 0 atom stereocenters. The molecule has 0 bridgehead atoms. The van der Waals surface area contributed by atoms with Crippen LogP contribution in [0.15, 0.2) is 22.7 Å². The van der Waals surface area contributed by atoms with Crippen molar-refractivity contribution in [1.82, 2.24) is 0 Å². The third kappa shape index (κ3) is 2.15. The standard InChI is InChI=1S/C12H10BrNO4/c1-18-10(15)4-5-14-9-3-2-7(13)6-8(9)11(16)12(14)17/h2-3,6H,4-5H2,1H3. The number of methoxy groups -OCH3 is 1. The van der Waals surface area contributed by atoms with Crippen molar-refractivity contribution in [2.24, 2.45) is 0 Å². The number of carbonyl (C=O) groups is 3. The first-order valence-corrected chi connectivity index (χ1v) is 6.06. The van der Waals surface area contributed by atoms with Gasteiger partial charge in [-0.1, -0.05) is 15.9 Å². The smallest absolute Gasteiger partial charge is 0.307 e. The highest BCUT2D eigenvalue weighted by Crippen LogP contribution is 2.31. The summed E-state index contributed by atoms with van der Waals surface area (Å²) in [6.07, 6.45) is 0.0605. The SMILES string of the molecule is COC(=O)CCN1C(=O)C(=O)c2cc(Br)ccc21. The molecule has 1 aliphatic heterocycles. The van der Waals surface area contributed by atoms with Gasteiger partial charge >= 0.3 is 5.97 Å². The zero-order chi connectivity index (χ0) is 13.3. The number of benzene rings is 1. The number of ether oxygens (including phenoxy) is 1. The molecule has 0 saturated heterocycles. The monoisotopic (exact) mass is 311 g/mol. The third-order valence-corrected chi connectivity index (χ3v) is 3.19. The van der Waals surface area contributed by atoms with Crippen molar-refractivity contribution in [3.63, 3.8) is 0 Å². The largest absolute Gasteiger partial charge is 0.469 e. The molecule has 0 N–H and O–H groups in total. The van der Waals surface area contributed by atoms with E-state index in [0.717, 1.165) is 4.47 Å². The maximum atomic E-state index is 11.8. The van der Waals surface area contributed by atoms with Gasteiger partial charge in [-0.3, -0.25) is 14.4 Å². The topological polar surface area (TPSA) is 63.7 Å². The van der Waals surface area contributed by atoms with Crippen molar-refractivity contribution in [3.05, 3.63) is 28.2 Å². The number of hydrogen-bond donors (Lipinski definition) is 0. The molecule has 0 aliphatic carbocycles. The van der Waals surface area contributed by atoms with Crippen LogP contribution in [0.5, 0.6) is 0 Å². The van der Waals surface area contributed by atoms with Crippen LogP contribution in [0.1, 0.15) is 16.8 Å². The minimum atomic E-state index is -0.605. The van der Waals surface area contributed by atoms with E-state index in [1.807, 2.05) is 0 Å². The normalized spacial score (nSPS) is 13.8. The van der Waals surface area contributed by atoms with Crippen molar-refractivity contribution in [3.8, 4) is 0 Å². The molecule has 1 aliphatic rings. The van der Waals surface area contributed by atoms with Gasteiger partial charge in [0.1, 0.15) is 0 Å². The summed E-state index contributed by atoms with van der Waals surface area (Å²) >= 11 is 3.25. The van der Waals surface area contributed by atoms with E-state index >= 15 is 0 Å². The van der Waals surface area contributed by atoms with E-state index in [0.29, 0.717) is 11.3 Å². The Morgan fingerprint density at radius 1 is 1.39 bits per heavy atom. The predicted molar refractivity (Wildman–Crippen MR) is 67.5 cm³/mol. The molecule has 1 aromatic rings. The van der Waals surface area contributed by atoms with Gasteiger partial charge in [-0.15, -0.1) is 0 Å². The van der Waals surface area contributed by atoms with Gasteiger partial charge in [0.25, 0.3) is 11.7 Å². The van der Waals surface area contributed by atoms with Crippen LogP contribution in [0.25, 0.3) is 0 Å². The van der Waals surface area contributed by atoms with Crippen LogP contribution >= 0.6 is 15.9 Å². The average molecular weight is 312 g/mol. The molecule has 2 rings (SSSR count). The number of halogens is 1. The van der Waals surface area contributed by atoms with Gasteiger partial charge in [-0.2, -0.15) is 0 Å². The van der Waals surface area contributed by atoms with Gasteiger partial charge in [0.05, 0.1) is 24.8 Å². The average Bonchev–Trinajstić information content (AvgIpc) is 2.60. The second-order valence-corrected chi connectivity index (χ2v) is 4.69. The summed E-state index contributed by atoms with van der Waals surface area (Å²) in [5.41, 5.74) is 0.899. The molecule has 0 spiro atoms. The van der Waals surface area contributed by atoms with Crippen molar-refractivity contribution >= 4 is 39.3 Å². The maximum absolute atomic E-state index is 11.8. The first-order chi connectivity index (χ1) is 8.54. The number of rotatable bonds is 3. The zero-order valence-electron chi connectivity index (χ0n) is 9.60. The molecule has 5 nitrogen and oxygen atoms in total. The van der Waals surface area contributed by atoms with E-state index in [2.05, 4.69) is 20.7 Å².